The lowest BCUT2D eigenvalue weighted by atomic mass is 10.1. The number of hydrogen-bond acceptors (Lipinski definition) is 4. The van der Waals surface area contributed by atoms with E-state index in [9.17, 15) is 0 Å². The van der Waals surface area contributed by atoms with Crippen molar-refractivity contribution in [2.45, 2.75) is 13.0 Å². The van der Waals surface area contributed by atoms with E-state index in [0.717, 1.165) is 42.1 Å². The second-order valence-electron chi connectivity index (χ2n) is 5.85. The van der Waals surface area contributed by atoms with Gasteiger partial charge in [0.1, 0.15) is 16.8 Å². The smallest absolute Gasteiger partial charge is 0.147 e. The molecule has 0 aliphatic carbocycles. The molecule has 3 aromatic heterocycles. The van der Waals surface area contributed by atoms with Crippen molar-refractivity contribution in [1.29, 1.82) is 0 Å². The average molecular weight is 375 g/mol. The third-order valence-electron chi connectivity index (χ3n) is 4.16. The zero-order chi connectivity index (χ0) is 17.4. The first-order valence-corrected chi connectivity index (χ1v) is 8.69. The number of fused-ring (bicyclic) bond motifs is 1. The summed E-state index contributed by atoms with van der Waals surface area (Å²) < 4.78 is 3.87. The number of nitrogens with zero attached hydrogens (tertiary/aromatic N) is 5. The first-order valence-electron chi connectivity index (χ1n) is 7.93. The molecule has 0 aromatic carbocycles. The van der Waals surface area contributed by atoms with Crippen LogP contribution in [0.1, 0.15) is 12.1 Å². The van der Waals surface area contributed by atoms with Gasteiger partial charge in [0.2, 0.25) is 0 Å². The number of rotatable bonds is 3. The zero-order valence-corrected chi connectivity index (χ0v) is 15.1. The summed E-state index contributed by atoms with van der Waals surface area (Å²) in [7, 11) is 1.87. The molecule has 3 aromatic rings. The molecule has 4 heterocycles. The fourth-order valence-corrected chi connectivity index (χ4v) is 3.33. The maximum Gasteiger partial charge on any atom is 0.147 e. The van der Waals surface area contributed by atoms with Crippen molar-refractivity contribution in [1.82, 2.24) is 19.3 Å². The summed E-state index contributed by atoms with van der Waals surface area (Å²) >= 11 is 12.7. The van der Waals surface area contributed by atoms with Gasteiger partial charge >= 0.3 is 0 Å². The third kappa shape index (κ3) is 3.15. The Kier molecular flexibility index (Phi) is 4.23. The minimum absolute atomic E-state index is 0.544. The predicted octanol–water partition coefficient (Wildman–Crippen LogP) is 4.07. The number of anilines is 2. The van der Waals surface area contributed by atoms with Crippen LogP contribution in [0, 0.1) is 0 Å². The molecule has 0 spiro atoms. The minimum Gasteiger partial charge on any atom is -0.345 e. The molecule has 0 bridgehead atoms. The van der Waals surface area contributed by atoms with E-state index < -0.39 is 0 Å². The fraction of sp³-hybridized carbons (Fsp3) is 0.235. The molecule has 0 atom stereocenters. The lowest BCUT2D eigenvalue weighted by Gasteiger charge is -2.08. The molecule has 0 saturated heterocycles. The van der Waals surface area contributed by atoms with Crippen molar-refractivity contribution in [3.05, 3.63) is 47.5 Å². The summed E-state index contributed by atoms with van der Waals surface area (Å²) in [6.07, 6.45) is 6.40. The number of nitrogens with one attached hydrogen (secondary N) is 1. The monoisotopic (exact) mass is 374 g/mol. The van der Waals surface area contributed by atoms with Gasteiger partial charge in [-0.3, -0.25) is 9.67 Å². The van der Waals surface area contributed by atoms with Gasteiger partial charge in [-0.05, 0) is 18.6 Å². The van der Waals surface area contributed by atoms with Crippen LogP contribution in [0.2, 0.25) is 5.02 Å². The molecule has 0 amide bonds. The van der Waals surface area contributed by atoms with Crippen LogP contribution < -0.4 is 5.32 Å². The van der Waals surface area contributed by atoms with Crippen molar-refractivity contribution in [3.8, 4) is 11.1 Å². The Hall–Kier alpha value is -2.31. The standard InChI is InChI=1S/C17H16Cl2N6/c1-24-16(3-5-22-24)23-15-8-12(13(18)9-21-15)11-7-14-17(19)20-4-2-6-25(14)10-11/h3,5,7-10H,2,4,6H2,1H3,(H,21,23). The van der Waals surface area contributed by atoms with E-state index in [1.165, 1.54) is 0 Å². The summed E-state index contributed by atoms with van der Waals surface area (Å²) in [6, 6.07) is 5.83. The Labute approximate surface area is 155 Å². The van der Waals surface area contributed by atoms with Crippen LogP contribution in [0.15, 0.2) is 41.8 Å². The summed E-state index contributed by atoms with van der Waals surface area (Å²) in [5.41, 5.74) is 2.81. The van der Waals surface area contributed by atoms with E-state index in [1.54, 1.807) is 17.1 Å². The summed E-state index contributed by atoms with van der Waals surface area (Å²) in [6.45, 7) is 1.64. The molecule has 1 aliphatic heterocycles. The normalized spacial score (nSPS) is 14.0. The number of aromatic nitrogens is 4. The molecule has 0 saturated carbocycles. The van der Waals surface area contributed by atoms with Crippen LogP contribution in [0.3, 0.4) is 0 Å². The number of aryl methyl sites for hydroxylation is 2. The topological polar surface area (TPSA) is 60.0 Å². The number of hydrogen-bond donors (Lipinski definition) is 1. The molecule has 1 N–H and O–H groups in total. The van der Waals surface area contributed by atoms with Crippen LogP contribution in [0.4, 0.5) is 11.6 Å². The molecule has 1 aliphatic rings. The number of pyridine rings is 1. The molecule has 4 rings (SSSR count). The van der Waals surface area contributed by atoms with E-state index in [1.807, 2.05) is 25.2 Å². The minimum atomic E-state index is 0.544. The maximum absolute atomic E-state index is 6.40. The lowest BCUT2D eigenvalue weighted by Crippen LogP contribution is -2.01. The highest BCUT2D eigenvalue weighted by Crippen LogP contribution is 2.32. The second-order valence-corrected chi connectivity index (χ2v) is 6.61. The van der Waals surface area contributed by atoms with Gasteiger partial charge in [0.25, 0.3) is 0 Å². The molecule has 6 nitrogen and oxygen atoms in total. The summed E-state index contributed by atoms with van der Waals surface area (Å²) in [5, 5.41) is 8.52. The Morgan fingerprint density at radius 1 is 1.24 bits per heavy atom. The highest BCUT2D eigenvalue weighted by atomic mass is 35.5. The van der Waals surface area contributed by atoms with Gasteiger partial charge in [-0.2, -0.15) is 5.10 Å². The molecule has 0 radical (unpaired) electrons. The second kappa shape index (κ2) is 6.54. The van der Waals surface area contributed by atoms with E-state index >= 15 is 0 Å². The van der Waals surface area contributed by atoms with Crippen LogP contribution in [-0.4, -0.2) is 31.0 Å². The number of halogens is 2. The molecule has 25 heavy (non-hydrogen) atoms. The largest absolute Gasteiger partial charge is 0.345 e. The average Bonchev–Trinajstić information content (AvgIpc) is 3.16. The van der Waals surface area contributed by atoms with Gasteiger partial charge in [-0.15, -0.1) is 0 Å². The van der Waals surface area contributed by atoms with Gasteiger partial charge in [-0.25, -0.2) is 4.98 Å². The first-order chi connectivity index (χ1) is 12.1. The highest BCUT2D eigenvalue weighted by Gasteiger charge is 2.16. The van der Waals surface area contributed by atoms with Crippen LogP contribution in [-0.2, 0) is 13.6 Å². The van der Waals surface area contributed by atoms with Gasteiger partial charge in [0.15, 0.2) is 0 Å². The van der Waals surface area contributed by atoms with Crippen LogP contribution in [0.5, 0.6) is 0 Å². The van der Waals surface area contributed by atoms with E-state index in [-0.39, 0.29) is 0 Å². The van der Waals surface area contributed by atoms with Crippen molar-refractivity contribution < 1.29 is 0 Å². The molecule has 0 fully saturated rings. The van der Waals surface area contributed by atoms with Gasteiger partial charge in [0, 0.05) is 49.7 Å². The first kappa shape index (κ1) is 16.2. The van der Waals surface area contributed by atoms with Crippen LogP contribution in [0.25, 0.3) is 11.1 Å². The van der Waals surface area contributed by atoms with Crippen molar-refractivity contribution in [2.24, 2.45) is 12.0 Å². The zero-order valence-electron chi connectivity index (χ0n) is 13.6. The predicted molar refractivity (Wildman–Crippen MR) is 101 cm³/mol. The Balaban J connectivity index is 1.72. The third-order valence-corrected chi connectivity index (χ3v) is 4.77. The van der Waals surface area contributed by atoms with Gasteiger partial charge in [-0.1, -0.05) is 23.2 Å². The molecule has 8 heteroatoms. The van der Waals surface area contributed by atoms with Gasteiger partial charge in [0.05, 0.1) is 16.9 Å². The Bertz CT molecular complexity index is 956. The number of aliphatic imine (C=N–C) groups is 1. The van der Waals surface area contributed by atoms with E-state index in [0.29, 0.717) is 16.0 Å². The van der Waals surface area contributed by atoms with Crippen molar-refractivity contribution >= 4 is 40.0 Å². The van der Waals surface area contributed by atoms with E-state index in [2.05, 4.69) is 31.2 Å². The molecule has 128 valence electrons. The molecular formula is C17H16Cl2N6. The van der Waals surface area contributed by atoms with E-state index in [4.69, 9.17) is 23.2 Å². The van der Waals surface area contributed by atoms with Crippen molar-refractivity contribution in [3.63, 3.8) is 0 Å². The quantitative estimate of drug-likeness (QED) is 0.751. The summed E-state index contributed by atoms with van der Waals surface area (Å²) in [5.74, 6) is 1.55. The Morgan fingerprint density at radius 3 is 2.92 bits per heavy atom. The van der Waals surface area contributed by atoms with Crippen LogP contribution >= 0.6 is 23.2 Å². The van der Waals surface area contributed by atoms with Crippen molar-refractivity contribution in [2.75, 3.05) is 11.9 Å². The Morgan fingerprint density at radius 2 is 2.12 bits per heavy atom. The summed E-state index contributed by atoms with van der Waals surface area (Å²) in [4.78, 5) is 8.72. The fourth-order valence-electron chi connectivity index (χ4n) is 2.87. The lowest BCUT2D eigenvalue weighted by molar-refractivity contribution is 0.664. The maximum atomic E-state index is 6.40. The molecular weight excluding hydrogens is 359 g/mol. The molecule has 0 unspecified atom stereocenters. The highest BCUT2D eigenvalue weighted by molar-refractivity contribution is 6.69. The SMILES string of the molecule is Cn1nccc1Nc1cc(-c2cc3n(c2)CCCN=C3Cl)c(Cl)cn1. The van der Waals surface area contributed by atoms with Gasteiger partial charge < -0.3 is 9.88 Å².